The first-order chi connectivity index (χ1) is 9.89. The van der Waals surface area contributed by atoms with Gasteiger partial charge in [0, 0.05) is 19.2 Å². The molecule has 1 aromatic carbocycles. The van der Waals surface area contributed by atoms with Gasteiger partial charge in [-0.05, 0) is 19.9 Å². The minimum absolute atomic E-state index is 0.00235. The fourth-order valence-electron chi connectivity index (χ4n) is 2.89. The maximum Gasteiger partial charge on any atom is 0.237 e. The Kier molecular flexibility index (Phi) is 3.24. The molecule has 1 fully saturated rings. The van der Waals surface area contributed by atoms with Crippen LogP contribution in [0.1, 0.15) is 13.8 Å². The Bertz CT molecular complexity index is 591. The molecule has 0 spiro atoms. The van der Waals surface area contributed by atoms with E-state index in [1.165, 1.54) is 6.07 Å². The first-order valence-corrected chi connectivity index (χ1v) is 6.93. The summed E-state index contributed by atoms with van der Waals surface area (Å²) < 4.78 is 27.1. The summed E-state index contributed by atoms with van der Waals surface area (Å²) in [5.41, 5.74) is 0.0476. The van der Waals surface area contributed by atoms with Crippen LogP contribution in [-0.4, -0.2) is 42.1 Å². The molecule has 0 aliphatic carbocycles. The molecule has 3 rings (SSSR count). The lowest BCUT2D eigenvalue weighted by Gasteiger charge is -2.44. The number of fused-ring (bicyclic) bond motifs is 1. The molecular weight excluding hydrogens is 278 g/mol. The van der Waals surface area contributed by atoms with E-state index in [1.807, 2.05) is 13.8 Å². The zero-order valence-corrected chi connectivity index (χ0v) is 12.0. The van der Waals surface area contributed by atoms with Gasteiger partial charge < -0.3 is 20.9 Å². The molecule has 1 saturated heterocycles. The minimum Gasteiger partial charge on any atom is -0.362 e. The topological polar surface area (TPSA) is 56.4 Å². The van der Waals surface area contributed by atoms with Crippen molar-refractivity contribution >= 4 is 17.3 Å². The highest BCUT2D eigenvalue weighted by molar-refractivity contribution is 5.81. The third-order valence-corrected chi connectivity index (χ3v) is 4.14. The van der Waals surface area contributed by atoms with E-state index in [2.05, 4.69) is 16.0 Å². The number of halogens is 2. The number of amides is 1. The molecule has 114 valence electrons. The smallest absolute Gasteiger partial charge is 0.237 e. The summed E-state index contributed by atoms with van der Waals surface area (Å²) in [7, 11) is 0. The van der Waals surface area contributed by atoms with Gasteiger partial charge in [-0.3, -0.25) is 4.79 Å². The molecule has 0 bridgehead atoms. The third kappa shape index (κ3) is 2.31. The van der Waals surface area contributed by atoms with Crippen molar-refractivity contribution in [3.8, 4) is 0 Å². The Balaban J connectivity index is 1.85. The number of carbonyl (C=O) groups is 1. The van der Waals surface area contributed by atoms with E-state index < -0.39 is 17.2 Å². The van der Waals surface area contributed by atoms with Crippen molar-refractivity contribution in [1.82, 2.24) is 10.2 Å². The van der Waals surface area contributed by atoms with Gasteiger partial charge in [0.05, 0.1) is 23.5 Å². The first kappa shape index (κ1) is 14.1. The fraction of sp³-hybridized carbons (Fsp3) is 0.500. The summed E-state index contributed by atoms with van der Waals surface area (Å²) in [5.74, 6) is -1.27. The van der Waals surface area contributed by atoms with Crippen LogP contribution in [0.3, 0.4) is 0 Å². The van der Waals surface area contributed by atoms with Crippen LogP contribution in [0.4, 0.5) is 20.2 Å². The molecule has 1 aromatic rings. The summed E-state index contributed by atoms with van der Waals surface area (Å²) in [5, 5.41) is 9.11. The SMILES string of the molecule is CC(C)(C1Nc2cc(F)cc(F)c2N1)N1CCNCC1=O. The van der Waals surface area contributed by atoms with Crippen LogP contribution in [0, 0.1) is 11.6 Å². The molecule has 3 N–H and O–H groups in total. The molecule has 2 aliphatic rings. The number of carbonyl (C=O) groups excluding carboxylic acids is 1. The molecule has 21 heavy (non-hydrogen) atoms. The molecule has 0 saturated carbocycles. The van der Waals surface area contributed by atoms with Gasteiger partial charge in [0.1, 0.15) is 12.0 Å². The monoisotopic (exact) mass is 296 g/mol. The van der Waals surface area contributed by atoms with E-state index in [1.54, 1.807) is 4.90 Å². The van der Waals surface area contributed by atoms with Gasteiger partial charge in [-0.15, -0.1) is 0 Å². The van der Waals surface area contributed by atoms with E-state index in [9.17, 15) is 13.6 Å². The second-order valence-electron chi connectivity index (χ2n) is 5.91. The van der Waals surface area contributed by atoms with Crippen LogP contribution in [-0.2, 0) is 4.79 Å². The normalized spacial score (nSPS) is 21.8. The second-order valence-corrected chi connectivity index (χ2v) is 5.91. The van der Waals surface area contributed by atoms with Crippen LogP contribution in [0.2, 0.25) is 0 Å². The highest BCUT2D eigenvalue weighted by Crippen LogP contribution is 2.37. The lowest BCUT2D eigenvalue weighted by molar-refractivity contribution is -0.137. The number of rotatable bonds is 2. The summed E-state index contributed by atoms with van der Waals surface area (Å²) in [6.07, 6.45) is -0.383. The number of hydrogen-bond acceptors (Lipinski definition) is 4. The van der Waals surface area contributed by atoms with Crippen molar-refractivity contribution in [3.63, 3.8) is 0 Å². The van der Waals surface area contributed by atoms with Gasteiger partial charge in [-0.2, -0.15) is 0 Å². The summed E-state index contributed by atoms with van der Waals surface area (Å²) in [4.78, 5) is 13.8. The number of piperazine rings is 1. The highest BCUT2D eigenvalue weighted by atomic mass is 19.1. The van der Waals surface area contributed by atoms with Gasteiger partial charge in [-0.25, -0.2) is 8.78 Å². The van der Waals surface area contributed by atoms with Crippen LogP contribution >= 0.6 is 0 Å². The summed E-state index contributed by atoms with van der Waals surface area (Å²) in [6, 6.07) is 2.10. The van der Waals surface area contributed by atoms with Crippen LogP contribution in [0.25, 0.3) is 0 Å². The molecule has 2 aliphatic heterocycles. The number of hydrogen-bond donors (Lipinski definition) is 3. The lowest BCUT2D eigenvalue weighted by atomic mass is 9.97. The zero-order valence-electron chi connectivity index (χ0n) is 12.0. The molecule has 0 radical (unpaired) electrons. The average molecular weight is 296 g/mol. The van der Waals surface area contributed by atoms with E-state index in [0.29, 0.717) is 18.8 Å². The number of anilines is 2. The highest BCUT2D eigenvalue weighted by Gasteiger charge is 2.42. The van der Waals surface area contributed by atoms with Crippen LogP contribution < -0.4 is 16.0 Å². The Morgan fingerprint density at radius 1 is 1.29 bits per heavy atom. The Labute approximate surface area is 121 Å². The molecule has 2 heterocycles. The largest absolute Gasteiger partial charge is 0.362 e. The second kappa shape index (κ2) is 4.84. The maximum absolute atomic E-state index is 13.8. The average Bonchev–Trinajstić information content (AvgIpc) is 2.84. The quantitative estimate of drug-likeness (QED) is 0.771. The summed E-state index contributed by atoms with van der Waals surface area (Å²) in [6.45, 7) is 5.41. The fourth-order valence-corrected chi connectivity index (χ4v) is 2.89. The van der Waals surface area contributed by atoms with E-state index in [4.69, 9.17) is 0 Å². The van der Waals surface area contributed by atoms with Gasteiger partial charge in [0.15, 0.2) is 5.82 Å². The minimum atomic E-state index is -0.637. The van der Waals surface area contributed by atoms with Crippen molar-refractivity contribution in [3.05, 3.63) is 23.8 Å². The van der Waals surface area contributed by atoms with Crippen molar-refractivity contribution in [2.45, 2.75) is 25.6 Å². The number of benzene rings is 1. The summed E-state index contributed by atoms with van der Waals surface area (Å²) >= 11 is 0. The molecule has 5 nitrogen and oxygen atoms in total. The standard InChI is InChI=1S/C14H18F2N4O/c1-14(2,20-4-3-17-7-11(20)21)13-18-10-6-8(15)5-9(16)12(10)19-13/h5-6,13,17-19H,3-4,7H2,1-2H3. The predicted octanol–water partition coefficient (Wildman–Crippen LogP) is 1.34. The Morgan fingerprint density at radius 2 is 2.05 bits per heavy atom. The van der Waals surface area contributed by atoms with Gasteiger partial charge in [0.25, 0.3) is 0 Å². The van der Waals surface area contributed by atoms with Crippen molar-refractivity contribution in [2.24, 2.45) is 0 Å². The van der Waals surface area contributed by atoms with E-state index in [-0.39, 0.29) is 17.8 Å². The predicted molar refractivity (Wildman–Crippen MR) is 76.1 cm³/mol. The molecule has 1 amide bonds. The Morgan fingerprint density at radius 3 is 2.76 bits per heavy atom. The van der Waals surface area contributed by atoms with Crippen molar-refractivity contribution in [2.75, 3.05) is 30.3 Å². The first-order valence-electron chi connectivity index (χ1n) is 6.93. The van der Waals surface area contributed by atoms with Gasteiger partial charge in [0.2, 0.25) is 5.91 Å². The number of nitrogens with zero attached hydrogens (tertiary/aromatic N) is 1. The van der Waals surface area contributed by atoms with Gasteiger partial charge >= 0.3 is 0 Å². The van der Waals surface area contributed by atoms with Gasteiger partial charge in [-0.1, -0.05) is 0 Å². The third-order valence-electron chi connectivity index (χ3n) is 4.14. The van der Waals surface area contributed by atoms with Crippen LogP contribution in [0.15, 0.2) is 12.1 Å². The van der Waals surface area contributed by atoms with E-state index in [0.717, 1.165) is 12.6 Å². The molecule has 7 heteroatoms. The molecule has 0 aromatic heterocycles. The molecule has 1 atom stereocenters. The zero-order chi connectivity index (χ0) is 15.2. The van der Waals surface area contributed by atoms with Crippen molar-refractivity contribution < 1.29 is 13.6 Å². The van der Waals surface area contributed by atoms with Crippen LogP contribution in [0.5, 0.6) is 0 Å². The molecule has 1 unspecified atom stereocenters. The lowest BCUT2D eigenvalue weighted by Crippen LogP contribution is -2.63. The number of nitrogens with one attached hydrogen (secondary N) is 3. The van der Waals surface area contributed by atoms with Crippen molar-refractivity contribution in [1.29, 1.82) is 0 Å². The Hall–Kier alpha value is -1.89. The van der Waals surface area contributed by atoms with E-state index >= 15 is 0 Å². The molecular formula is C14H18F2N4O. The maximum atomic E-state index is 13.8.